The van der Waals surface area contributed by atoms with Crippen molar-refractivity contribution in [3.05, 3.63) is 54.1 Å². The van der Waals surface area contributed by atoms with E-state index in [1.165, 1.54) is 6.92 Å². The molecule has 7 heteroatoms. The molecule has 0 unspecified atom stereocenters. The lowest BCUT2D eigenvalue weighted by Gasteiger charge is -2.11. The first-order valence-electron chi connectivity index (χ1n) is 8.06. The van der Waals surface area contributed by atoms with Gasteiger partial charge in [0.2, 0.25) is 5.91 Å². The molecule has 0 aliphatic heterocycles. The Balaban J connectivity index is 1.93. The predicted molar refractivity (Wildman–Crippen MR) is 97.3 cm³/mol. The highest BCUT2D eigenvalue weighted by Gasteiger charge is 2.14. The molecule has 26 heavy (non-hydrogen) atoms. The Labute approximate surface area is 151 Å². The average molecular weight is 356 g/mol. The van der Waals surface area contributed by atoms with Gasteiger partial charge < -0.3 is 20.1 Å². The van der Waals surface area contributed by atoms with Gasteiger partial charge in [0.05, 0.1) is 17.9 Å². The van der Waals surface area contributed by atoms with E-state index in [4.69, 9.17) is 9.47 Å². The molecule has 0 radical (unpaired) electrons. The molecule has 0 fully saturated rings. The molecule has 2 aromatic carbocycles. The lowest BCUT2D eigenvalue weighted by Crippen LogP contribution is -2.22. The first-order valence-corrected chi connectivity index (χ1v) is 8.06. The maximum atomic E-state index is 12.1. The van der Waals surface area contributed by atoms with Crippen molar-refractivity contribution in [2.75, 3.05) is 23.8 Å². The number of benzene rings is 2. The van der Waals surface area contributed by atoms with Crippen LogP contribution in [-0.2, 0) is 14.3 Å². The molecular formula is C19H20N2O5. The van der Waals surface area contributed by atoms with Crippen LogP contribution in [-0.4, -0.2) is 31.0 Å². The number of nitrogens with one attached hydrogen (secondary N) is 2. The second kappa shape index (κ2) is 9.22. The van der Waals surface area contributed by atoms with Crippen LogP contribution in [0.1, 0.15) is 24.2 Å². The molecule has 2 N–H and O–H groups in total. The van der Waals surface area contributed by atoms with E-state index < -0.39 is 11.9 Å². The number of hydrogen-bond acceptors (Lipinski definition) is 5. The fraction of sp³-hybridized carbons (Fsp3) is 0.211. The molecule has 0 saturated heterocycles. The van der Waals surface area contributed by atoms with Crippen LogP contribution in [0.25, 0.3) is 0 Å². The number of carbonyl (C=O) groups is 3. The highest BCUT2D eigenvalue weighted by Crippen LogP contribution is 2.18. The topological polar surface area (TPSA) is 93.7 Å². The minimum atomic E-state index is -0.502. The summed E-state index contributed by atoms with van der Waals surface area (Å²) in [5.41, 5.74) is 1.28. The molecule has 0 aromatic heterocycles. The van der Waals surface area contributed by atoms with E-state index in [1.54, 1.807) is 55.5 Å². The van der Waals surface area contributed by atoms with Crippen LogP contribution in [0.2, 0.25) is 0 Å². The molecule has 136 valence electrons. The van der Waals surface area contributed by atoms with Gasteiger partial charge >= 0.3 is 5.97 Å². The van der Waals surface area contributed by atoms with Crippen LogP contribution in [0, 0.1) is 0 Å². The van der Waals surface area contributed by atoms with Crippen LogP contribution < -0.4 is 15.4 Å². The zero-order valence-electron chi connectivity index (χ0n) is 14.6. The van der Waals surface area contributed by atoms with E-state index in [-0.39, 0.29) is 24.7 Å². The van der Waals surface area contributed by atoms with Crippen molar-refractivity contribution in [3.8, 4) is 5.75 Å². The van der Waals surface area contributed by atoms with Gasteiger partial charge in [-0.2, -0.15) is 0 Å². The van der Waals surface area contributed by atoms with Gasteiger partial charge in [0.25, 0.3) is 5.91 Å². The number of carbonyl (C=O) groups excluding carboxylic acids is 3. The fourth-order valence-electron chi connectivity index (χ4n) is 2.15. The summed E-state index contributed by atoms with van der Waals surface area (Å²) < 4.78 is 10.4. The van der Waals surface area contributed by atoms with E-state index in [1.807, 2.05) is 0 Å². The largest absolute Gasteiger partial charge is 0.484 e. The highest BCUT2D eigenvalue weighted by molar-refractivity contribution is 6.01. The minimum Gasteiger partial charge on any atom is -0.484 e. The summed E-state index contributed by atoms with van der Waals surface area (Å²) in [4.78, 5) is 35.0. The van der Waals surface area contributed by atoms with Crippen molar-refractivity contribution in [1.29, 1.82) is 0 Å². The molecule has 0 aliphatic carbocycles. The Morgan fingerprint density at radius 3 is 2.31 bits per heavy atom. The summed E-state index contributed by atoms with van der Waals surface area (Å²) in [6.45, 7) is 3.16. The second-order valence-corrected chi connectivity index (χ2v) is 5.31. The Morgan fingerprint density at radius 2 is 1.65 bits per heavy atom. The predicted octanol–water partition coefficient (Wildman–Crippen LogP) is 2.84. The van der Waals surface area contributed by atoms with E-state index in [0.29, 0.717) is 17.1 Å². The van der Waals surface area contributed by atoms with Crippen LogP contribution in [0.3, 0.4) is 0 Å². The SMILES string of the molecule is CCOC(=O)c1ccccc1NC(=O)COc1ccc(NC(C)=O)cc1. The summed E-state index contributed by atoms with van der Waals surface area (Å²) in [7, 11) is 0. The molecule has 7 nitrogen and oxygen atoms in total. The Hall–Kier alpha value is -3.35. The summed E-state index contributed by atoms with van der Waals surface area (Å²) >= 11 is 0. The number of rotatable bonds is 7. The zero-order valence-corrected chi connectivity index (χ0v) is 14.6. The van der Waals surface area contributed by atoms with E-state index in [2.05, 4.69) is 10.6 Å². The normalized spacial score (nSPS) is 9.92. The summed E-state index contributed by atoms with van der Waals surface area (Å²) in [6.07, 6.45) is 0. The van der Waals surface area contributed by atoms with Crippen LogP contribution in [0.4, 0.5) is 11.4 Å². The Bertz CT molecular complexity index is 787. The van der Waals surface area contributed by atoms with Crippen molar-refractivity contribution in [1.82, 2.24) is 0 Å². The molecule has 2 aromatic rings. The minimum absolute atomic E-state index is 0.168. The third kappa shape index (κ3) is 5.62. The second-order valence-electron chi connectivity index (χ2n) is 5.31. The smallest absolute Gasteiger partial charge is 0.340 e. The van der Waals surface area contributed by atoms with E-state index in [9.17, 15) is 14.4 Å². The van der Waals surface area contributed by atoms with Gasteiger partial charge in [-0.1, -0.05) is 12.1 Å². The maximum absolute atomic E-state index is 12.1. The van der Waals surface area contributed by atoms with Gasteiger partial charge in [-0.05, 0) is 43.3 Å². The number of hydrogen-bond donors (Lipinski definition) is 2. The van der Waals surface area contributed by atoms with Crippen LogP contribution in [0.15, 0.2) is 48.5 Å². The third-order valence-electron chi connectivity index (χ3n) is 3.24. The van der Waals surface area contributed by atoms with Crippen molar-refractivity contribution >= 4 is 29.2 Å². The molecule has 2 rings (SSSR count). The molecular weight excluding hydrogens is 336 g/mol. The number of esters is 1. The first kappa shape index (κ1) is 19.0. The van der Waals surface area contributed by atoms with Gasteiger partial charge in [-0.25, -0.2) is 4.79 Å². The monoisotopic (exact) mass is 356 g/mol. The van der Waals surface area contributed by atoms with Crippen LogP contribution in [0.5, 0.6) is 5.75 Å². The van der Waals surface area contributed by atoms with Gasteiger partial charge in [0, 0.05) is 12.6 Å². The molecule has 0 spiro atoms. The highest BCUT2D eigenvalue weighted by atomic mass is 16.5. The first-order chi connectivity index (χ1) is 12.5. The summed E-state index contributed by atoms with van der Waals surface area (Å²) in [6, 6.07) is 13.2. The molecule has 0 bridgehead atoms. The van der Waals surface area contributed by atoms with E-state index >= 15 is 0 Å². The van der Waals surface area contributed by atoms with Crippen molar-refractivity contribution in [2.45, 2.75) is 13.8 Å². The summed E-state index contributed by atoms with van der Waals surface area (Å²) in [5.74, 6) is -0.600. The van der Waals surface area contributed by atoms with Crippen molar-refractivity contribution < 1.29 is 23.9 Å². The lowest BCUT2D eigenvalue weighted by atomic mass is 10.2. The van der Waals surface area contributed by atoms with Crippen molar-refractivity contribution in [2.24, 2.45) is 0 Å². The molecule has 0 aliphatic rings. The molecule has 0 atom stereocenters. The van der Waals surface area contributed by atoms with Crippen LogP contribution >= 0.6 is 0 Å². The Kier molecular flexibility index (Phi) is 6.73. The maximum Gasteiger partial charge on any atom is 0.340 e. The quantitative estimate of drug-likeness (QED) is 0.744. The zero-order chi connectivity index (χ0) is 18.9. The molecule has 2 amide bonds. The Morgan fingerprint density at radius 1 is 0.962 bits per heavy atom. The molecule has 0 heterocycles. The fourth-order valence-corrected chi connectivity index (χ4v) is 2.15. The number of para-hydroxylation sites is 1. The standard InChI is InChI=1S/C19H20N2O5/c1-3-25-19(24)16-6-4-5-7-17(16)21-18(23)12-26-15-10-8-14(9-11-15)20-13(2)22/h4-11H,3,12H2,1-2H3,(H,20,22)(H,21,23). The lowest BCUT2D eigenvalue weighted by molar-refractivity contribution is -0.118. The third-order valence-corrected chi connectivity index (χ3v) is 3.24. The summed E-state index contributed by atoms with van der Waals surface area (Å²) in [5, 5.41) is 5.27. The molecule has 0 saturated carbocycles. The number of amides is 2. The van der Waals surface area contributed by atoms with Crippen molar-refractivity contribution in [3.63, 3.8) is 0 Å². The average Bonchev–Trinajstić information content (AvgIpc) is 2.61. The van der Waals surface area contributed by atoms with E-state index in [0.717, 1.165) is 0 Å². The van der Waals surface area contributed by atoms with Gasteiger partial charge in [-0.3, -0.25) is 9.59 Å². The van der Waals surface area contributed by atoms with Gasteiger partial charge in [0.1, 0.15) is 5.75 Å². The van der Waals surface area contributed by atoms with Gasteiger partial charge in [-0.15, -0.1) is 0 Å². The number of anilines is 2. The number of ether oxygens (including phenoxy) is 2. The van der Waals surface area contributed by atoms with Gasteiger partial charge in [0.15, 0.2) is 6.61 Å².